The molecule has 0 atom stereocenters. The molecule has 0 fully saturated rings. The zero-order chi connectivity index (χ0) is 17.1. The van der Waals surface area contributed by atoms with E-state index in [4.69, 9.17) is 6.42 Å². The summed E-state index contributed by atoms with van der Waals surface area (Å²) in [5, 5.41) is 5.22. The number of alkyl halides is 3. The lowest BCUT2D eigenvalue weighted by Gasteiger charge is -2.21. The third-order valence-corrected chi connectivity index (χ3v) is 2.50. The van der Waals surface area contributed by atoms with Gasteiger partial charge >= 0.3 is 6.18 Å². The minimum Gasteiger partial charge on any atom is -0.367 e. The highest BCUT2D eigenvalue weighted by Crippen LogP contribution is 2.27. The fraction of sp³-hybridized carbons (Fsp3) is 0.500. The summed E-state index contributed by atoms with van der Waals surface area (Å²) >= 11 is 0. The van der Waals surface area contributed by atoms with Crippen LogP contribution < -0.4 is 10.6 Å². The number of amides is 1. The highest BCUT2D eigenvalue weighted by molar-refractivity contribution is 5.99. The van der Waals surface area contributed by atoms with Gasteiger partial charge in [0, 0.05) is 12.2 Å². The summed E-state index contributed by atoms with van der Waals surface area (Å²) in [7, 11) is 0. The van der Waals surface area contributed by atoms with E-state index in [0.717, 1.165) is 6.20 Å². The molecule has 0 bridgehead atoms. The van der Waals surface area contributed by atoms with Crippen LogP contribution in [-0.2, 0) is 6.18 Å². The molecule has 0 spiro atoms. The molecule has 2 N–H and O–H groups in total. The van der Waals surface area contributed by atoms with Crippen molar-refractivity contribution >= 4 is 11.7 Å². The molecule has 1 rings (SSSR count). The molecule has 22 heavy (non-hydrogen) atoms. The highest BCUT2D eigenvalue weighted by atomic mass is 19.4. The molecule has 1 aromatic rings. The van der Waals surface area contributed by atoms with E-state index < -0.39 is 23.4 Å². The van der Waals surface area contributed by atoms with E-state index in [0.29, 0.717) is 0 Å². The molecule has 120 valence electrons. The van der Waals surface area contributed by atoms with Crippen molar-refractivity contribution < 1.29 is 18.0 Å². The summed E-state index contributed by atoms with van der Waals surface area (Å²) in [5.41, 5.74) is -1.06. The molecule has 0 radical (unpaired) electrons. The van der Waals surface area contributed by atoms with E-state index in [2.05, 4.69) is 26.5 Å². The second-order valence-corrected chi connectivity index (χ2v) is 5.48. The van der Waals surface area contributed by atoms with Gasteiger partial charge in [0.15, 0.2) is 0 Å². The van der Waals surface area contributed by atoms with E-state index in [9.17, 15) is 18.0 Å². The average Bonchev–Trinajstić information content (AvgIpc) is 2.36. The zero-order valence-electron chi connectivity index (χ0n) is 12.7. The van der Waals surface area contributed by atoms with Gasteiger partial charge in [-0.25, -0.2) is 9.97 Å². The second-order valence-electron chi connectivity index (χ2n) is 5.48. The number of nitrogens with one attached hydrogen (secondary N) is 2. The van der Waals surface area contributed by atoms with E-state index in [1.165, 1.54) is 0 Å². The molecular weight excluding hydrogens is 297 g/mol. The van der Waals surface area contributed by atoms with Crippen molar-refractivity contribution in [3.8, 4) is 12.3 Å². The molecule has 0 unspecified atom stereocenters. The normalized spacial score (nSPS) is 12.0. The number of carbonyl (C=O) groups is 1. The SMILES string of the molecule is C#CC(C)(C)NC(=O)c1cnc(C(F)(F)F)nc1NC(C)C. The average molecular weight is 314 g/mol. The molecule has 0 aliphatic heterocycles. The largest absolute Gasteiger partial charge is 0.451 e. The number of hydrogen-bond donors (Lipinski definition) is 2. The van der Waals surface area contributed by atoms with Crippen LogP contribution in [0.1, 0.15) is 43.9 Å². The quantitative estimate of drug-likeness (QED) is 0.838. The van der Waals surface area contributed by atoms with Gasteiger partial charge < -0.3 is 10.6 Å². The first-order valence-corrected chi connectivity index (χ1v) is 6.47. The van der Waals surface area contributed by atoms with Crippen LogP contribution >= 0.6 is 0 Å². The highest BCUT2D eigenvalue weighted by Gasteiger charge is 2.36. The van der Waals surface area contributed by atoms with Gasteiger partial charge in [-0.05, 0) is 27.7 Å². The van der Waals surface area contributed by atoms with E-state index in [1.807, 2.05) is 0 Å². The van der Waals surface area contributed by atoms with Gasteiger partial charge in [-0.2, -0.15) is 13.2 Å². The number of nitrogens with zero attached hydrogens (tertiary/aromatic N) is 2. The summed E-state index contributed by atoms with van der Waals surface area (Å²) in [6, 6.07) is -0.219. The van der Waals surface area contributed by atoms with E-state index in [-0.39, 0.29) is 17.4 Å². The molecule has 0 saturated heterocycles. The summed E-state index contributed by atoms with van der Waals surface area (Å²) < 4.78 is 38.1. The van der Waals surface area contributed by atoms with Crippen molar-refractivity contribution in [2.24, 2.45) is 0 Å². The lowest BCUT2D eigenvalue weighted by Crippen LogP contribution is -2.42. The number of carbonyl (C=O) groups excluding carboxylic acids is 1. The maximum atomic E-state index is 12.7. The van der Waals surface area contributed by atoms with E-state index in [1.54, 1.807) is 27.7 Å². The number of aromatic nitrogens is 2. The molecule has 0 aliphatic rings. The smallest absolute Gasteiger partial charge is 0.367 e. The van der Waals surface area contributed by atoms with E-state index >= 15 is 0 Å². The third kappa shape index (κ3) is 4.62. The predicted octanol–water partition coefficient (Wildman–Crippen LogP) is 2.46. The molecule has 1 heterocycles. The molecule has 1 aromatic heterocycles. The Balaban J connectivity index is 3.24. The molecule has 1 amide bonds. The van der Waals surface area contributed by atoms with Gasteiger partial charge in [0.2, 0.25) is 5.82 Å². The Hall–Kier alpha value is -2.30. The molecule has 0 aliphatic carbocycles. The first-order valence-electron chi connectivity index (χ1n) is 6.47. The number of halogens is 3. The molecule has 8 heteroatoms. The first-order chi connectivity index (χ1) is 9.96. The van der Waals surface area contributed by atoms with Gasteiger partial charge in [-0.15, -0.1) is 6.42 Å². The Kier molecular flexibility index (Phi) is 5.02. The molecular formula is C14H17F3N4O. The predicted molar refractivity (Wildman–Crippen MR) is 76.2 cm³/mol. The van der Waals surface area contributed by atoms with Crippen LogP contribution in [0.4, 0.5) is 19.0 Å². The third-order valence-electron chi connectivity index (χ3n) is 2.50. The fourth-order valence-corrected chi connectivity index (χ4v) is 1.46. The Morgan fingerprint density at radius 1 is 1.36 bits per heavy atom. The number of rotatable bonds is 4. The summed E-state index contributed by atoms with van der Waals surface area (Å²) in [6.45, 7) is 6.60. The minimum absolute atomic E-state index is 0.106. The monoisotopic (exact) mass is 314 g/mol. The van der Waals surface area contributed by atoms with Gasteiger partial charge in [0.1, 0.15) is 11.4 Å². The fourth-order valence-electron chi connectivity index (χ4n) is 1.46. The molecule has 0 aromatic carbocycles. The second kappa shape index (κ2) is 6.22. The lowest BCUT2D eigenvalue weighted by molar-refractivity contribution is -0.144. The molecule has 0 saturated carbocycles. The molecule has 5 nitrogen and oxygen atoms in total. The van der Waals surface area contributed by atoms with Crippen molar-refractivity contribution in [3.05, 3.63) is 17.6 Å². The Morgan fingerprint density at radius 3 is 2.41 bits per heavy atom. The van der Waals surface area contributed by atoms with Crippen LogP contribution in [-0.4, -0.2) is 27.5 Å². The van der Waals surface area contributed by atoms with Gasteiger partial charge in [0.05, 0.1) is 5.54 Å². The minimum atomic E-state index is -4.69. The van der Waals surface area contributed by atoms with Crippen LogP contribution in [0.25, 0.3) is 0 Å². The Labute approximate surface area is 126 Å². The standard InChI is InChI=1S/C14H17F3N4O/c1-6-13(4,5)21-11(22)9-7-18-12(14(15,16)17)20-10(9)19-8(2)3/h1,7-8H,2-5H3,(H,21,22)(H,18,19,20). The van der Waals surface area contributed by atoms with Crippen LogP contribution in [0.3, 0.4) is 0 Å². The van der Waals surface area contributed by atoms with Gasteiger partial charge in [-0.1, -0.05) is 5.92 Å². The van der Waals surface area contributed by atoms with Gasteiger partial charge in [-0.3, -0.25) is 4.79 Å². The summed E-state index contributed by atoms with van der Waals surface area (Å²) in [4.78, 5) is 18.8. The van der Waals surface area contributed by atoms with Crippen LogP contribution in [0.15, 0.2) is 6.20 Å². The van der Waals surface area contributed by atoms with Crippen molar-refractivity contribution in [2.45, 2.75) is 45.5 Å². The summed E-state index contributed by atoms with van der Waals surface area (Å²) in [5.74, 6) is 0.203. The first kappa shape index (κ1) is 17.8. The topological polar surface area (TPSA) is 66.9 Å². The lowest BCUT2D eigenvalue weighted by atomic mass is 10.1. The van der Waals surface area contributed by atoms with Crippen molar-refractivity contribution in [1.82, 2.24) is 15.3 Å². The van der Waals surface area contributed by atoms with Crippen molar-refractivity contribution in [3.63, 3.8) is 0 Å². The Bertz CT molecular complexity index is 603. The van der Waals surface area contributed by atoms with Crippen LogP contribution in [0, 0.1) is 12.3 Å². The van der Waals surface area contributed by atoms with Gasteiger partial charge in [0.25, 0.3) is 5.91 Å². The maximum absolute atomic E-state index is 12.7. The Morgan fingerprint density at radius 2 is 1.95 bits per heavy atom. The number of terminal acetylenes is 1. The summed E-state index contributed by atoms with van der Waals surface area (Å²) in [6.07, 6.45) is 1.41. The zero-order valence-corrected chi connectivity index (χ0v) is 12.7. The number of anilines is 1. The van der Waals surface area contributed by atoms with Crippen molar-refractivity contribution in [1.29, 1.82) is 0 Å². The van der Waals surface area contributed by atoms with Crippen molar-refractivity contribution in [2.75, 3.05) is 5.32 Å². The van der Waals surface area contributed by atoms with Crippen LogP contribution in [0.5, 0.6) is 0 Å². The van der Waals surface area contributed by atoms with Crippen LogP contribution in [0.2, 0.25) is 0 Å². The number of hydrogen-bond acceptors (Lipinski definition) is 4. The maximum Gasteiger partial charge on any atom is 0.451 e.